The Hall–Kier alpha value is -2.82. The van der Waals surface area contributed by atoms with E-state index in [-0.39, 0.29) is 17.4 Å². The average Bonchev–Trinajstić information content (AvgIpc) is 3.49. The first-order valence-corrected chi connectivity index (χ1v) is 13.6. The van der Waals surface area contributed by atoms with Crippen molar-refractivity contribution in [3.63, 3.8) is 0 Å². The van der Waals surface area contributed by atoms with Crippen molar-refractivity contribution in [3.8, 4) is 5.75 Å². The number of rotatable bonds is 7. The fourth-order valence-electron chi connectivity index (χ4n) is 6.62. The lowest BCUT2D eigenvalue weighted by atomic mass is 9.63. The molecule has 1 saturated heterocycles. The summed E-state index contributed by atoms with van der Waals surface area (Å²) in [7, 11) is 3.55. The molecule has 1 aliphatic heterocycles. The maximum Gasteiger partial charge on any atom is 0.253 e. The zero-order valence-electron chi connectivity index (χ0n) is 22.3. The summed E-state index contributed by atoms with van der Waals surface area (Å²) in [5.74, 6) is 1.88. The lowest BCUT2D eigenvalue weighted by Crippen LogP contribution is -2.53. The summed E-state index contributed by atoms with van der Waals surface area (Å²) in [6.07, 6.45) is 7.76. The lowest BCUT2D eigenvalue weighted by Gasteiger charge is -2.46. The molecule has 0 bridgehead atoms. The number of piperidine rings is 1. The molecule has 0 N–H and O–H groups in total. The number of hydrogen-bond acceptors (Lipinski definition) is 3. The van der Waals surface area contributed by atoms with E-state index in [2.05, 4.69) is 36.1 Å². The third kappa shape index (κ3) is 4.53. The third-order valence-corrected chi connectivity index (χ3v) is 9.14. The van der Waals surface area contributed by atoms with Gasteiger partial charge in [0.05, 0.1) is 11.5 Å². The molecule has 2 aliphatic carbocycles. The standard InChI is InChI=1S/C31H40N2O3/c1-22-19-26(11-12-27(22)28(34)32(3)4)36-23(2)20-25-21-30(25)15-17-33(18-16-30)29(35)31(13-8-14-31)24-9-6-5-7-10-24/h5-7,9-12,19,23,25H,8,13-18,20-21H2,1-4H3/t23-,25?/m0/s1. The quantitative estimate of drug-likeness (QED) is 0.509. The Morgan fingerprint density at radius 3 is 2.33 bits per heavy atom. The SMILES string of the molecule is Cc1cc(O[C@@H](C)CC2CC23CCN(C(=O)C2(c4ccccc4)CCC2)CC3)ccc1C(=O)N(C)C. The number of ether oxygens (including phenoxy) is 1. The molecule has 5 rings (SSSR count). The molecule has 5 nitrogen and oxygen atoms in total. The summed E-state index contributed by atoms with van der Waals surface area (Å²) in [5.41, 5.74) is 2.98. The van der Waals surface area contributed by atoms with Gasteiger partial charge < -0.3 is 14.5 Å². The van der Waals surface area contributed by atoms with Crippen molar-refractivity contribution in [2.75, 3.05) is 27.2 Å². The van der Waals surface area contributed by atoms with Crippen molar-refractivity contribution >= 4 is 11.8 Å². The van der Waals surface area contributed by atoms with Crippen molar-refractivity contribution in [2.45, 2.75) is 70.3 Å². The molecule has 5 heteroatoms. The highest BCUT2D eigenvalue weighted by atomic mass is 16.5. The molecule has 192 valence electrons. The third-order valence-electron chi connectivity index (χ3n) is 9.14. The van der Waals surface area contributed by atoms with Crippen LogP contribution >= 0.6 is 0 Å². The molecular formula is C31H40N2O3. The van der Waals surface area contributed by atoms with Gasteiger partial charge in [-0.2, -0.15) is 0 Å². The van der Waals surface area contributed by atoms with Gasteiger partial charge in [0.25, 0.3) is 5.91 Å². The van der Waals surface area contributed by atoms with E-state index in [1.54, 1.807) is 19.0 Å². The predicted octanol–water partition coefficient (Wildman–Crippen LogP) is 5.60. The van der Waals surface area contributed by atoms with E-state index in [1.165, 1.54) is 12.0 Å². The summed E-state index contributed by atoms with van der Waals surface area (Å²) in [6, 6.07) is 16.2. The molecule has 0 aromatic heterocycles. The summed E-state index contributed by atoms with van der Waals surface area (Å²) < 4.78 is 6.26. The molecular weight excluding hydrogens is 448 g/mol. The van der Waals surface area contributed by atoms with Gasteiger partial charge in [-0.05, 0) is 93.0 Å². The minimum atomic E-state index is -0.276. The number of benzene rings is 2. The number of carbonyl (C=O) groups excluding carboxylic acids is 2. The zero-order valence-corrected chi connectivity index (χ0v) is 22.3. The lowest BCUT2D eigenvalue weighted by molar-refractivity contribution is -0.142. The molecule has 1 heterocycles. The van der Waals surface area contributed by atoms with Crippen LogP contribution < -0.4 is 4.74 Å². The van der Waals surface area contributed by atoms with Gasteiger partial charge >= 0.3 is 0 Å². The highest BCUT2D eigenvalue weighted by Gasteiger charge is 2.56. The fourth-order valence-corrected chi connectivity index (χ4v) is 6.62. The van der Waals surface area contributed by atoms with Gasteiger partial charge in [0.15, 0.2) is 0 Å². The zero-order chi connectivity index (χ0) is 25.5. The summed E-state index contributed by atoms with van der Waals surface area (Å²) >= 11 is 0. The van der Waals surface area contributed by atoms with Crippen molar-refractivity contribution in [1.29, 1.82) is 0 Å². The van der Waals surface area contributed by atoms with E-state index in [0.717, 1.165) is 68.5 Å². The maximum atomic E-state index is 13.6. The van der Waals surface area contributed by atoms with Gasteiger partial charge in [-0.25, -0.2) is 0 Å². The second-order valence-corrected chi connectivity index (χ2v) is 11.7. The topological polar surface area (TPSA) is 49.9 Å². The van der Waals surface area contributed by atoms with Gasteiger partial charge in [-0.1, -0.05) is 36.8 Å². The molecule has 2 atom stereocenters. The van der Waals surface area contributed by atoms with Crippen LogP contribution in [0.2, 0.25) is 0 Å². The Morgan fingerprint density at radius 1 is 1.06 bits per heavy atom. The van der Waals surface area contributed by atoms with Crippen LogP contribution in [0.5, 0.6) is 5.75 Å². The van der Waals surface area contributed by atoms with Crippen LogP contribution in [-0.4, -0.2) is 54.9 Å². The van der Waals surface area contributed by atoms with Crippen molar-refractivity contribution in [2.24, 2.45) is 11.3 Å². The number of aryl methyl sites for hydroxylation is 1. The molecule has 2 aromatic carbocycles. The Balaban J connectivity index is 1.13. The number of hydrogen-bond donors (Lipinski definition) is 0. The van der Waals surface area contributed by atoms with E-state index in [9.17, 15) is 9.59 Å². The Morgan fingerprint density at radius 2 is 1.75 bits per heavy atom. The second-order valence-electron chi connectivity index (χ2n) is 11.7. The maximum absolute atomic E-state index is 13.6. The van der Waals surface area contributed by atoms with Crippen LogP contribution in [0.15, 0.2) is 48.5 Å². The van der Waals surface area contributed by atoms with Crippen LogP contribution in [0, 0.1) is 18.3 Å². The second kappa shape index (κ2) is 9.57. The highest BCUT2D eigenvalue weighted by Crippen LogP contribution is 2.61. The number of likely N-dealkylation sites (tertiary alicyclic amines) is 1. The first-order chi connectivity index (χ1) is 17.2. The minimum Gasteiger partial charge on any atom is -0.491 e. The van der Waals surface area contributed by atoms with Crippen LogP contribution in [0.3, 0.4) is 0 Å². The Labute approximate surface area is 215 Å². The molecule has 2 amide bonds. The highest BCUT2D eigenvalue weighted by molar-refractivity contribution is 5.95. The van der Waals surface area contributed by atoms with Gasteiger partial charge in [0.1, 0.15) is 5.75 Å². The van der Waals surface area contributed by atoms with Gasteiger partial charge in [0.2, 0.25) is 5.91 Å². The Kier molecular flexibility index (Phi) is 6.61. The van der Waals surface area contributed by atoms with Gasteiger partial charge in [0, 0.05) is 32.7 Å². The minimum absolute atomic E-state index is 0.0174. The fraction of sp³-hybridized carbons (Fsp3) is 0.548. The van der Waals surface area contributed by atoms with E-state index >= 15 is 0 Å². The first-order valence-electron chi connectivity index (χ1n) is 13.6. The smallest absolute Gasteiger partial charge is 0.253 e. The summed E-state index contributed by atoms with van der Waals surface area (Å²) in [4.78, 5) is 29.7. The summed E-state index contributed by atoms with van der Waals surface area (Å²) in [6.45, 7) is 5.89. The van der Waals surface area contributed by atoms with Crippen LogP contribution in [0.25, 0.3) is 0 Å². The largest absolute Gasteiger partial charge is 0.491 e. The van der Waals surface area contributed by atoms with Crippen LogP contribution in [0.4, 0.5) is 0 Å². The predicted molar refractivity (Wildman–Crippen MR) is 142 cm³/mol. The monoisotopic (exact) mass is 488 g/mol. The average molecular weight is 489 g/mol. The van der Waals surface area contributed by atoms with Gasteiger partial charge in [-0.3, -0.25) is 9.59 Å². The summed E-state index contributed by atoms with van der Waals surface area (Å²) in [5, 5.41) is 0. The van der Waals surface area contributed by atoms with Gasteiger partial charge in [-0.15, -0.1) is 0 Å². The molecule has 3 aliphatic rings. The van der Waals surface area contributed by atoms with Crippen molar-refractivity contribution in [3.05, 3.63) is 65.2 Å². The molecule has 1 unspecified atom stereocenters. The molecule has 3 fully saturated rings. The number of nitrogens with zero attached hydrogens (tertiary/aromatic N) is 2. The molecule has 2 aromatic rings. The van der Waals surface area contributed by atoms with E-state index < -0.39 is 0 Å². The van der Waals surface area contributed by atoms with E-state index in [1.807, 2.05) is 31.2 Å². The molecule has 1 spiro atoms. The first kappa shape index (κ1) is 24.9. The molecule has 2 saturated carbocycles. The van der Waals surface area contributed by atoms with Crippen molar-refractivity contribution < 1.29 is 14.3 Å². The normalized spacial score (nSPS) is 22.4. The van der Waals surface area contributed by atoms with E-state index in [0.29, 0.717) is 17.2 Å². The number of amides is 2. The van der Waals surface area contributed by atoms with Crippen LogP contribution in [-0.2, 0) is 10.2 Å². The Bertz CT molecular complexity index is 1110. The van der Waals surface area contributed by atoms with E-state index in [4.69, 9.17) is 4.74 Å². The van der Waals surface area contributed by atoms with Crippen LogP contribution in [0.1, 0.15) is 73.4 Å². The molecule has 0 radical (unpaired) electrons. The molecule has 36 heavy (non-hydrogen) atoms. The number of carbonyl (C=O) groups is 2. The van der Waals surface area contributed by atoms with Crippen molar-refractivity contribution in [1.82, 2.24) is 9.80 Å².